The third kappa shape index (κ3) is 2.79. The van der Waals surface area contributed by atoms with Crippen LogP contribution in [0.3, 0.4) is 0 Å². The lowest BCUT2D eigenvalue weighted by atomic mass is 9.69. The molecular formula is C21H25NO5S. The molecule has 28 heavy (non-hydrogen) atoms. The van der Waals surface area contributed by atoms with Gasteiger partial charge in [0, 0.05) is 4.88 Å². The van der Waals surface area contributed by atoms with Crippen LogP contribution in [0.15, 0.2) is 12.2 Å². The summed E-state index contributed by atoms with van der Waals surface area (Å²) in [5.41, 5.74) is 0.328. The zero-order valence-electron chi connectivity index (χ0n) is 16.1. The Balaban J connectivity index is 1.67. The average Bonchev–Trinajstić information content (AvgIpc) is 3.33. The molecule has 2 N–H and O–H groups in total. The van der Waals surface area contributed by atoms with Crippen molar-refractivity contribution in [3.8, 4) is 0 Å². The summed E-state index contributed by atoms with van der Waals surface area (Å²) in [6.07, 6.45) is 8.36. The molecule has 1 aromatic heterocycles. The van der Waals surface area contributed by atoms with E-state index in [9.17, 15) is 19.5 Å². The number of carboxylic acids is 1. The molecule has 7 heteroatoms. The first-order chi connectivity index (χ1) is 13.4. The minimum absolute atomic E-state index is 0.0771. The highest BCUT2D eigenvalue weighted by atomic mass is 32.1. The van der Waals surface area contributed by atoms with Crippen molar-refractivity contribution in [3.63, 3.8) is 0 Å². The highest BCUT2D eigenvalue weighted by Gasteiger charge is 2.60. The van der Waals surface area contributed by atoms with E-state index in [2.05, 4.69) is 5.32 Å². The summed E-state index contributed by atoms with van der Waals surface area (Å²) in [4.78, 5) is 38.9. The average molecular weight is 404 g/mol. The molecule has 0 radical (unpaired) electrons. The lowest BCUT2D eigenvalue weighted by molar-refractivity contribution is -0.155. The number of carboxylic acid groups (broad SMARTS) is 1. The number of anilines is 1. The Kier molecular flexibility index (Phi) is 4.81. The SMILES string of the molecule is CCOC(=O)c1c(NC(=O)[C@@H]2[C@@H]3C=C[C@@H](C3)[C@@]2(C)C(=O)O)sc2c1CCCC2. The number of ether oxygens (including phenoxy) is 1. The Bertz CT molecular complexity index is 872. The number of hydrogen-bond donors (Lipinski definition) is 2. The Labute approximate surface area is 168 Å². The molecule has 6 nitrogen and oxygen atoms in total. The van der Waals surface area contributed by atoms with Crippen LogP contribution < -0.4 is 5.32 Å². The molecule has 0 aromatic carbocycles. The maximum Gasteiger partial charge on any atom is 0.341 e. The largest absolute Gasteiger partial charge is 0.481 e. The van der Waals surface area contributed by atoms with Gasteiger partial charge in [0.25, 0.3) is 0 Å². The van der Waals surface area contributed by atoms with Crippen molar-refractivity contribution in [2.24, 2.45) is 23.2 Å². The van der Waals surface area contributed by atoms with Crippen LogP contribution in [0, 0.1) is 23.2 Å². The lowest BCUT2D eigenvalue weighted by Gasteiger charge is -2.33. The molecule has 1 saturated carbocycles. The van der Waals surface area contributed by atoms with Crippen LogP contribution in [0.5, 0.6) is 0 Å². The summed E-state index contributed by atoms with van der Waals surface area (Å²) >= 11 is 1.43. The van der Waals surface area contributed by atoms with Crippen LogP contribution in [0.2, 0.25) is 0 Å². The van der Waals surface area contributed by atoms with Crippen LogP contribution in [0.25, 0.3) is 0 Å². The highest BCUT2D eigenvalue weighted by molar-refractivity contribution is 7.17. The second-order valence-electron chi connectivity index (χ2n) is 8.08. The van der Waals surface area contributed by atoms with Crippen molar-refractivity contribution in [1.82, 2.24) is 0 Å². The lowest BCUT2D eigenvalue weighted by Crippen LogP contribution is -2.45. The van der Waals surface area contributed by atoms with Gasteiger partial charge in [0.05, 0.1) is 23.5 Å². The molecule has 4 atom stereocenters. The second-order valence-corrected chi connectivity index (χ2v) is 9.19. The Morgan fingerprint density at radius 3 is 2.75 bits per heavy atom. The van der Waals surface area contributed by atoms with Gasteiger partial charge in [-0.05, 0) is 63.4 Å². The van der Waals surface area contributed by atoms with Crippen molar-refractivity contribution in [1.29, 1.82) is 0 Å². The smallest absolute Gasteiger partial charge is 0.341 e. The Morgan fingerprint density at radius 2 is 2.04 bits per heavy atom. The first-order valence-electron chi connectivity index (χ1n) is 9.92. The van der Waals surface area contributed by atoms with Crippen LogP contribution >= 0.6 is 11.3 Å². The molecule has 3 aliphatic carbocycles. The molecule has 0 aliphatic heterocycles. The molecule has 0 saturated heterocycles. The van der Waals surface area contributed by atoms with Gasteiger partial charge >= 0.3 is 11.9 Å². The number of fused-ring (bicyclic) bond motifs is 3. The third-order valence-corrected chi connectivity index (χ3v) is 7.80. The predicted molar refractivity (Wildman–Crippen MR) is 106 cm³/mol. The zero-order chi connectivity index (χ0) is 20.1. The monoisotopic (exact) mass is 403 g/mol. The third-order valence-electron chi connectivity index (χ3n) is 6.59. The van der Waals surface area contributed by atoms with E-state index in [1.807, 2.05) is 12.2 Å². The summed E-state index contributed by atoms with van der Waals surface area (Å²) in [5.74, 6) is -2.52. The maximum absolute atomic E-state index is 13.2. The Morgan fingerprint density at radius 1 is 1.29 bits per heavy atom. The van der Waals surface area contributed by atoms with E-state index in [1.165, 1.54) is 11.3 Å². The maximum atomic E-state index is 13.2. The van der Waals surface area contributed by atoms with Gasteiger partial charge in [-0.15, -0.1) is 11.3 Å². The number of carbonyl (C=O) groups excluding carboxylic acids is 2. The van der Waals surface area contributed by atoms with Gasteiger partial charge in [-0.2, -0.15) is 0 Å². The number of hydrogen-bond acceptors (Lipinski definition) is 5. The van der Waals surface area contributed by atoms with Gasteiger partial charge in [0.2, 0.25) is 5.91 Å². The van der Waals surface area contributed by atoms with Gasteiger partial charge in [-0.3, -0.25) is 9.59 Å². The fraction of sp³-hybridized carbons (Fsp3) is 0.571. The molecule has 1 heterocycles. The number of rotatable bonds is 5. The molecule has 0 spiro atoms. The number of allylic oxidation sites excluding steroid dienone is 2. The molecule has 1 aromatic rings. The number of esters is 1. The van der Waals surface area contributed by atoms with E-state index in [4.69, 9.17) is 4.74 Å². The standard InChI is InChI=1S/C21H25NO5S/c1-3-27-19(24)15-13-6-4-5-7-14(13)28-18(15)22-17(23)16-11-8-9-12(10-11)21(16,2)20(25)26/h8-9,11-12,16H,3-7,10H2,1-2H3,(H,22,23)(H,25,26)/t11-,12+,16+,21-/m1/s1. The number of nitrogens with one attached hydrogen (secondary N) is 1. The quantitative estimate of drug-likeness (QED) is 0.578. The minimum Gasteiger partial charge on any atom is -0.481 e. The van der Waals surface area contributed by atoms with Crippen molar-refractivity contribution in [2.45, 2.75) is 46.0 Å². The summed E-state index contributed by atoms with van der Waals surface area (Å²) < 4.78 is 5.24. The highest BCUT2D eigenvalue weighted by Crippen LogP contribution is 2.56. The van der Waals surface area contributed by atoms with Crippen LogP contribution in [0.1, 0.15) is 53.9 Å². The minimum atomic E-state index is -1.12. The van der Waals surface area contributed by atoms with Crippen LogP contribution in [0.4, 0.5) is 5.00 Å². The number of aliphatic carboxylic acids is 1. The molecule has 0 unspecified atom stereocenters. The van der Waals surface area contributed by atoms with E-state index < -0.39 is 23.3 Å². The molecule has 1 fully saturated rings. The van der Waals surface area contributed by atoms with Gasteiger partial charge in [-0.1, -0.05) is 12.2 Å². The van der Waals surface area contributed by atoms with Crippen LogP contribution in [-0.4, -0.2) is 29.6 Å². The van der Waals surface area contributed by atoms with E-state index in [0.29, 0.717) is 17.0 Å². The molecule has 3 aliphatic rings. The molecule has 1 amide bonds. The second kappa shape index (κ2) is 7.03. The summed E-state index contributed by atoms with van der Waals surface area (Å²) in [5, 5.41) is 13.3. The summed E-state index contributed by atoms with van der Waals surface area (Å²) in [7, 11) is 0. The predicted octanol–water partition coefficient (Wildman–Crippen LogP) is 3.66. The fourth-order valence-electron chi connectivity index (χ4n) is 5.12. The van der Waals surface area contributed by atoms with Crippen LogP contribution in [-0.2, 0) is 27.2 Å². The van der Waals surface area contributed by atoms with E-state index >= 15 is 0 Å². The first kappa shape index (κ1) is 19.2. The van der Waals surface area contributed by atoms with Crippen molar-refractivity contribution in [2.75, 3.05) is 11.9 Å². The molecule has 150 valence electrons. The molecular weight excluding hydrogens is 378 g/mol. The van der Waals surface area contributed by atoms with Crippen molar-refractivity contribution < 1.29 is 24.2 Å². The van der Waals surface area contributed by atoms with E-state index in [0.717, 1.165) is 36.1 Å². The van der Waals surface area contributed by atoms with Gasteiger partial charge < -0.3 is 15.2 Å². The molecule has 2 bridgehead atoms. The van der Waals surface area contributed by atoms with Gasteiger partial charge in [-0.25, -0.2) is 4.79 Å². The fourth-order valence-corrected chi connectivity index (χ4v) is 6.40. The van der Waals surface area contributed by atoms with E-state index in [-0.39, 0.29) is 24.3 Å². The number of aryl methyl sites for hydroxylation is 1. The number of carbonyl (C=O) groups is 3. The number of amides is 1. The van der Waals surface area contributed by atoms with Gasteiger partial charge in [0.1, 0.15) is 5.00 Å². The van der Waals surface area contributed by atoms with Crippen molar-refractivity contribution >= 4 is 34.2 Å². The summed E-state index contributed by atoms with van der Waals surface area (Å²) in [6, 6.07) is 0. The van der Waals surface area contributed by atoms with Gasteiger partial charge in [0.15, 0.2) is 0 Å². The number of thiophene rings is 1. The topological polar surface area (TPSA) is 92.7 Å². The summed E-state index contributed by atoms with van der Waals surface area (Å²) in [6.45, 7) is 3.69. The first-order valence-corrected chi connectivity index (χ1v) is 10.7. The zero-order valence-corrected chi connectivity index (χ0v) is 16.9. The van der Waals surface area contributed by atoms with E-state index in [1.54, 1.807) is 13.8 Å². The van der Waals surface area contributed by atoms with Crippen molar-refractivity contribution in [3.05, 3.63) is 28.2 Å². The molecule has 4 rings (SSSR count). The Hall–Kier alpha value is -2.15. The normalized spacial score (nSPS) is 30.1.